The Labute approximate surface area is 122 Å². The lowest BCUT2D eigenvalue weighted by Crippen LogP contribution is -2.35. The highest BCUT2D eigenvalue weighted by Gasteiger charge is 2.56. The van der Waals surface area contributed by atoms with E-state index in [0.29, 0.717) is 23.0 Å². The van der Waals surface area contributed by atoms with Crippen LogP contribution in [-0.2, 0) is 9.59 Å². The van der Waals surface area contributed by atoms with Gasteiger partial charge in [-0.25, -0.2) is 9.18 Å². The van der Waals surface area contributed by atoms with Crippen LogP contribution in [0.15, 0.2) is 18.2 Å². The van der Waals surface area contributed by atoms with E-state index in [0.717, 1.165) is 12.8 Å². The number of fused-ring (bicyclic) bond motifs is 1. The number of benzene rings is 1. The minimum absolute atomic E-state index is 0.0258. The Morgan fingerprint density at radius 3 is 2.57 bits per heavy atom. The number of hydrogen-bond donors (Lipinski definition) is 2. The predicted octanol–water partition coefficient (Wildman–Crippen LogP) is 2.42. The van der Waals surface area contributed by atoms with Gasteiger partial charge in [-0.15, -0.1) is 0 Å². The fraction of sp³-hybridized carbons (Fsp3) is 0.500. The largest absolute Gasteiger partial charge is 0.479 e. The van der Waals surface area contributed by atoms with Crippen molar-refractivity contribution in [3.8, 4) is 0 Å². The number of halogens is 1. The molecule has 0 aliphatic heterocycles. The molecule has 5 heteroatoms. The quantitative estimate of drug-likeness (QED) is 0.895. The molecule has 2 aliphatic rings. The van der Waals surface area contributed by atoms with Gasteiger partial charge < -0.3 is 10.4 Å². The maximum Gasteiger partial charge on any atom is 0.330 e. The Morgan fingerprint density at radius 1 is 1.33 bits per heavy atom. The monoisotopic (exact) mass is 291 g/mol. The molecule has 21 heavy (non-hydrogen) atoms. The van der Waals surface area contributed by atoms with Crippen molar-refractivity contribution < 1.29 is 19.1 Å². The average Bonchev–Trinajstić information content (AvgIpc) is 2.92. The first-order valence-corrected chi connectivity index (χ1v) is 7.28. The van der Waals surface area contributed by atoms with Gasteiger partial charge in [-0.2, -0.15) is 0 Å². The smallest absolute Gasteiger partial charge is 0.330 e. The molecule has 112 valence electrons. The molecule has 0 bridgehead atoms. The van der Waals surface area contributed by atoms with E-state index < -0.39 is 12.0 Å². The number of carboxylic acids is 1. The van der Waals surface area contributed by atoms with Crippen LogP contribution in [0.5, 0.6) is 0 Å². The Hall–Kier alpha value is -1.91. The summed E-state index contributed by atoms with van der Waals surface area (Å²) in [5.74, 6) is -0.837. The molecule has 2 fully saturated rings. The normalized spacial score (nSPS) is 27.8. The first kappa shape index (κ1) is 14.0. The molecule has 3 unspecified atom stereocenters. The fourth-order valence-corrected chi connectivity index (χ4v) is 3.58. The number of aliphatic carboxylic acids is 1. The van der Waals surface area contributed by atoms with E-state index in [9.17, 15) is 19.1 Å². The van der Waals surface area contributed by atoms with Crippen LogP contribution < -0.4 is 5.32 Å². The van der Waals surface area contributed by atoms with E-state index in [1.165, 1.54) is 24.6 Å². The highest BCUT2D eigenvalue weighted by molar-refractivity contribution is 5.88. The van der Waals surface area contributed by atoms with Gasteiger partial charge in [0.25, 0.3) is 0 Å². The second-order valence-electron chi connectivity index (χ2n) is 6.07. The number of aryl methyl sites for hydroxylation is 1. The molecular weight excluding hydrogens is 273 g/mol. The van der Waals surface area contributed by atoms with Crippen LogP contribution >= 0.6 is 0 Å². The molecule has 0 saturated heterocycles. The van der Waals surface area contributed by atoms with Crippen molar-refractivity contribution in [1.82, 2.24) is 5.32 Å². The molecule has 1 aromatic carbocycles. The van der Waals surface area contributed by atoms with E-state index in [1.54, 1.807) is 6.92 Å². The van der Waals surface area contributed by atoms with E-state index in [1.807, 2.05) is 0 Å². The molecule has 0 radical (unpaired) electrons. The van der Waals surface area contributed by atoms with Gasteiger partial charge in [-0.1, -0.05) is 18.6 Å². The Bertz CT molecular complexity index is 591. The van der Waals surface area contributed by atoms with Gasteiger partial charge in [-0.05, 0) is 48.8 Å². The van der Waals surface area contributed by atoms with E-state index in [-0.39, 0.29) is 17.6 Å². The molecule has 4 nitrogen and oxygen atoms in total. The maximum atomic E-state index is 13.3. The summed E-state index contributed by atoms with van der Waals surface area (Å²) < 4.78 is 13.3. The fourth-order valence-electron chi connectivity index (χ4n) is 3.58. The standard InChI is InChI=1S/C16H18FNO3/c1-8-7-9(5-6-12(8)17)14(16(20)21)18-15(19)13-10-3-2-4-11(10)13/h5-7,10-11,13-14H,2-4H2,1H3,(H,18,19)(H,20,21). The lowest BCUT2D eigenvalue weighted by atomic mass is 10.0. The van der Waals surface area contributed by atoms with Crippen LogP contribution in [0.25, 0.3) is 0 Å². The Morgan fingerprint density at radius 2 is 2.00 bits per heavy atom. The average molecular weight is 291 g/mol. The summed E-state index contributed by atoms with van der Waals surface area (Å²) in [5, 5.41) is 11.9. The van der Waals surface area contributed by atoms with E-state index in [2.05, 4.69) is 5.32 Å². The zero-order chi connectivity index (χ0) is 15.1. The SMILES string of the molecule is Cc1cc(C(NC(=O)C2C3CCCC32)C(=O)O)ccc1F. The van der Waals surface area contributed by atoms with Crippen LogP contribution in [0.3, 0.4) is 0 Å². The molecule has 0 aromatic heterocycles. The van der Waals surface area contributed by atoms with Crippen LogP contribution in [0.4, 0.5) is 4.39 Å². The summed E-state index contributed by atoms with van der Waals surface area (Å²) in [6, 6.07) is 3.01. The van der Waals surface area contributed by atoms with Crippen molar-refractivity contribution in [3.63, 3.8) is 0 Å². The molecule has 0 heterocycles. The summed E-state index contributed by atoms with van der Waals surface area (Å²) in [7, 11) is 0. The first-order valence-electron chi connectivity index (χ1n) is 7.28. The number of amides is 1. The summed E-state index contributed by atoms with van der Waals surface area (Å²) in [6.07, 6.45) is 3.30. The molecule has 3 rings (SSSR count). The minimum Gasteiger partial charge on any atom is -0.479 e. The molecule has 1 aromatic rings. The third-order valence-electron chi connectivity index (χ3n) is 4.76. The molecular formula is C16H18FNO3. The van der Waals surface area contributed by atoms with Gasteiger partial charge in [0.2, 0.25) is 5.91 Å². The molecule has 2 saturated carbocycles. The molecule has 3 atom stereocenters. The number of rotatable bonds is 4. The van der Waals surface area contributed by atoms with Gasteiger partial charge in [0.15, 0.2) is 6.04 Å². The van der Waals surface area contributed by atoms with Crippen molar-refractivity contribution >= 4 is 11.9 Å². The highest BCUT2D eigenvalue weighted by Crippen LogP contribution is 2.57. The van der Waals surface area contributed by atoms with Crippen molar-refractivity contribution in [2.24, 2.45) is 17.8 Å². The number of carbonyl (C=O) groups excluding carboxylic acids is 1. The van der Waals surface area contributed by atoms with Gasteiger partial charge in [0.1, 0.15) is 5.82 Å². The second-order valence-corrected chi connectivity index (χ2v) is 6.07. The zero-order valence-electron chi connectivity index (χ0n) is 11.8. The molecule has 2 N–H and O–H groups in total. The predicted molar refractivity (Wildman–Crippen MR) is 74.0 cm³/mol. The van der Waals surface area contributed by atoms with E-state index in [4.69, 9.17) is 0 Å². The number of hydrogen-bond acceptors (Lipinski definition) is 2. The maximum absolute atomic E-state index is 13.3. The number of carboxylic acid groups (broad SMARTS) is 1. The van der Waals surface area contributed by atoms with Gasteiger partial charge in [0, 0.05) is 5.92 Å². The third kappa shape index (κ3) is 2.52. The lowest BCUT2D eigenvalue weighted by molar-refractivity contribution is -0.142. The molecule has 0 spiro atoms. The van der Waals surface area contributed by atoms with Crippen molar-refractivity contribution in [1.29, 1.82) is 0 Å². The summed E-state index contributed by atoms with van der Waals surface area (Å²) in [6.45, 7) is 1.57. The first-order chi connectivity index (χ1) is 9.99. The van der Waals surface area contributed by atoms with Crippen LogP contribution in [0, 0.1) is 30.5 Å². The number of nitrogens with one attached hydrogen (secondary N) is 1. The van der Waals surface area contributed by atoms with Crippen LogP contribution in [-0.4, -0.2) is 17.0 Å². The van der Waals surface area contributed by atoms with Crippen molar-refractivity contribution in [2.75, 3.05) is 0 Å². The minimum atomic E-state index is -1.12. The third-order valence-corrected chi connectivity index (χ3v) is 4.76. The zero-order valence-corrected chi connectivity index (χ0v) is 11.8. The van der Waals surface area contributed by atoms with E-state index >= 15 is 0 Å². The van der Waals surface area contributed by atoms with Gasteiger partial charge in [-0.3, -0.25) is 4.79 Å². The number of carbonyl (C=O) groups is 2. The van der Waals surface area contributed by atoms with Crippen molar-refractivity contribution in [3.05, 3.63) is 35.1 Å². The summed E-state index contributed by atoms with van der Waals surface area (Å²) >= 11 is 0. The van der Waals surface area contributed by atoms with Crippen LogP contribution in [0.1, 0.15) is 36.4 Å². The van der Waals surface area contributed by atoms with Crippen LogP contribution in [0.2, 0.25) is 0 Å². The second kappa shape index (κ2) is 5.13. The summed E-state index contributed by atoms with van der Waals surface area (Å²) in [4.78, 5) is 23.6. The molecule has 2 aliphatic carbocycles. The topological polar surface area (TPSA) is 66.4 Å². The Kier molecular flexibility index (Phi) is 3.43. The van der Waals surface area contributed by atoms with Crippen molar-refractivity contribution in [2.45, 2.75) is 32.2 Å². The molecule has 1 amide bonds. The lowest BCUT2D eigenvalue weighted by Gasteiger charge is -2.16. The van der Waals surface area contributed by atoms with Gasteiger partial charge in [0.05, 0.1) is 0 Å². The highest BCUT2D eigenvalue weighted by atomic mass is 19.1. The van der Waals surface area contributed by atoms with Gasteiger partial charge >= 0.3 is 5.97 Å². The summed E-state index contributed by atoms with van der Waals surface area (Å²) in [5.41, 5.74) is 0.775. The Balaban J connectivity index is 1.74.